The lowest BCUT2D eigenvalue weighted by molar-refractivity contribution is -0.384. The number of carbonyl (C=O) groups is 1. The van der Waals surface area contributed by atoms with Crippen LogP contribution in [0.1, 0.15) is 39.4 Å². The van der Waals surface area contributed by atoms with Gasteiger partial charge in [0.25, 0.3) is 11.6 Å². The lowest BCUT2D eigenvalue weighted by atomic mass is 9.97. The molecule has 1 amide bonds. The van der Waals surface area contributed by atoms with Crippen LogP contribution < -0.4 is 5.43 Å². The van der Waals surface area contributed by atoms with Crippen LogP contribution in [0, 0.1) is 15.9 Å². The quantitative estimate of drug-likeness (QED) is 0.354. The molecule has 1 aliphatic rings. The van der Waals surface area contributed by atoms with Gasteiger partial charge in [-0.05, 0) is 29.3 Å². The van der Waals surface area contributed by atoms with Crippen molar-refractivity contribution in [3.05, 3.63) is 121 Å². The van der Waals surface area contributed by atoms with E-state index in [1.807, 2.05) is 0 Å². The fourth-order valence-electron chi connectivity index (χ4n) is 4.30. The molecule has 1 aromatic heterocycles. The molecular formula is C25H17FN2O6. The van der Waals surface area contributed by atoms with Gasteiger partial charge in [-0.3, -0.25) is 19.7 Å². The first kappa shape index (κ1) is 21.5. The number of benzene rings is 3. The minimum absolute atomic E-state index is 0.0433. The Labute approximate surface area is 191 Å². The van der Waals surface area contributed by atoms with Crippen LogP contribution in [-0.2, 0) is 0 Å². The molecular weight excluding hydrogens is 443 g/mol. The zero-order chi connectivity index (χ0) is 24.0. The highest BCUT2D eigenvalue weighted by Crippen LogP contribution is 2.40. The van der Waals surface area contributed by atoms with Crippen LogP contribution in [-0.4, -0.2) is 27.4 Å². The van der Waals surface area contributed by atoms with E-state index in [0.29, 0.717) is 11.1 Å². The molecule has 0 saturated heterocycles. The summed E-state index contributed by atoms with van der Waals surface area (Å²) >= 11 is 0. The molecule has 0 fully saturated rings. The van der Waals surface area contributed by atoms with Gasteiger partial charge in [0.15, 0.2) is 5.43 Å². The largest absolute Gasteiger partial charge is 0.450 e. The number of amides is 1. The van der Waals surface area contributed by atoms with Crippen molar-refractivity contribution >= 4 is 22.6 Å². The number of halogens is 1. The van der Waals surface area contributed by atoms with Gasteiger partial charge in [-0.15, -0.1) is 0 Å². The monoisotopic (exact) mass is 460 g/mol. The lowest BCUT2D eigenvalue weighted by Gasteiger charge is -2.27. The number of non-ortho nitro benzene ring substituents is 1. The van der Waals surface area contributed by atoms with Gasteiger partial charge in [0.2, 0.25) is 5.76 Å². The minimum atomic E-state index is -1.09. The van der Waals surface area contributed by atoms with Crippen LogP contribution in [0.2, 0.25) is 0 Å². The molecule has 5 rings (SSSR count). The highest BCUT2D eigenvalue weighted by atomic mass is 19.1. The summed E-state index contributed by atoms with van der Waals surface area (Å²) in [6, 6.07) is 16.6. The number of aliphatic hydroxyl groups excluding tert-OH is 1. The zero-order valence-corrected chi connectivity index (χ0v) is 17.6. The summed E-state index contributed by atoms with van der Waals surface area (Å²) in [7, 11) is 0. The van der Waals surface area contributed by atoms with Crippen molar-refractivity contribution in [2.45, 2.75) is 12.1 Å². The van der Waals surface area contributed by atoms with E-state index in [0.717, 1.165) is 12.1 Å². The van der Waals surface area contributed by atoms with Crippen molar-refractivity contribution in [3.63, 3.8) is 0 Å². The third-order valence-corrected chi connectivity index (χ3v) is 5.88. The molecule has 1 aliphatic heterocycles. The number of hydrogen-bond acceptors (Lipinski definition) is 6. The Morgan fingerprint density at radius 3 is 2.56 bits per heavy atom. The minimum Gasteiger partial charge on any atom is -0.450 e. The SMILES string of the molecule is O=C1c2oc3ccc(F)cc3c(=O)c2C(c2cccc([N+](=O)[O-])c2)N1CC(O)c1ccccc1. The van der Waals surface area contributed by atoms with E-state index in [-0.39, 0.29) is 34.5 Å². The first-order chi connectivity index (χ1) is 16.3. The zero-order valence-electron chi connectivity index (χ0n) is 17.6. The van der Waals surface area contributed by atoms with E-state index < -0.39 is 34.2 Å². The van der Waals surface area contributed by atoms with Crippen molar-refractivity contribution in [2.75, 3.05) is 6.54 Å². The van der Waals surface area contributed by atoms with E-state index in [1.165, 1.54) is 29.2 Å². The Morgan fingerprint density at radius 1 is 1.06 bits per heavy atom. The Bertz CT molecular complexity index is 1500. The number of carbonyl (C=O) groups excluding carboxylic acids is 1. The second kappa shape index (κ2) is 8.20. The normalized spacial score (nSPS) is 16.0. The Morgan fingerprint density at radius 2 is 1.82 bits per heavy atom. The molecule has 34 heavy (non-hydrogen) atoms. The molecule has 2 atom stereocenters. The molecule has 1 N–H and O–H groups in total. The number of aliphatic hydroxyl groups is 1. The maximum absolute atomic E-state index is 13.9. The molecule has 170 valence electrons. The van der Waals surface area contributed by atoms with Crippen LogP contribution >= 0.6 is 0 Å². The van der Waals surface area contributed by atoms with Gasteiger partial charge >= 0.3 is 0 Å². The van der Waals surface area contributed by atoms with Crippen LogP contribution in [0.4, 0.5) is 10.1 Å². The summed E-state index contributed by atoms with van der Waals surface area (Å²) in [5.74, 6) is -1.53. The first-order valence-electron chi connectivity index (χ1n) is 10.4. The average molecular weight is 460 g/mol. The smallest absolute Gasteiger partial charge is 0.291 e. The van der Waals surface area contributed by atoms with E-state index in [2.05, 4.69) is 0 Å². The molecule has 4 aromatic rings. The van der Waals surface area contributed by atoms with E-state index in [4.69, 9.17) is 4.42 Å². The lowest BCUT2D eigenvalue weighted by Crippen LogP contribution is -2.33. The van der Waals surface area contributed by atoms with Crippen molar-refractivity contribution in [3.8, 4) is 0 Å². The molecule has 0 bridgehead atoms. The average Bonchev–Trinajstić information content (AvgIpc) is 3.12. The number of nitrogens with zero attached hydrogens (tertiary/aromatic N) is 2. The van der Waals surface area contributed by atoms with Crippen LogP contribution in [0.5, 0.6) is 0 Å². The van der Waals surface area contributed by atoms with Gasteiger partial charge in [0, 0.05) is 12.1 Å². The summed E-state index contributed by atoms with van der Waals surface area (Å²) < 4.78 is 19.6. The molecule has 2 heterocycles. The molecule has 0 saturated carbocycles. The van der Waals surface area contributed by atoms with Gasteiger partial charge in [0.05, 0.1) is 34.6 Å². The van der Waals surface area contributed by atoms with E-state index >= 15 is 0 Å². The maximum atomic E-state index is 13.9. The first-order valence-corrected chi connectivity index (χ1v) is 10.4. The number of hydrogen-bond donors (Lipinski definition) is 1. The van der Waals surface area contributed by atoms with Gasteiger partial charge in [-0.1, -0.05) is 42.5 Å². The number of rotatable bonds is 5. The second-order valence-corrected chi connectivity index (χ2v) is 7.95. The van der Waals surface area contributed by atoms with Gasteiger partial charge in [-0.2, -0.15) is 0 Å². The van der Waals surface area contributed by atoms with Crippen LogP contribution in [0.3, 0.4) is 0 Å². The summed E-state index contributed by atoms with van der Waals surface area (Å²) in [5, 5.41) is 22.1. The standard InChI is InChI=1S/C25H17FN2O6/c26-16-9-10-20-18(12-16)23(30)21-22(15-7-4-8-17(11-15)28(32)33)27(25(31)24(21)34-20)13-19(29)14-5-2-1-3-6-14/h1-12,19,22,29H,13H2. The topological polar surface area (TPSA) is 114 Å². The molecule has 0 aliphatic carbocycles. The number of nitro groups is 1. The Kier molecular flexibility index (Phi) is 5.18. The Hall–Kier alpha value is -4.37. The summed E-state index contributed by atoms with van der Waals surface area (Å²) in [6.07, 6.45) is -1.09. The second-order valence-electron chi connectivity index (χ2n) is 7.95. The molecule has 3 aromatic carbocycles. The van der Waals surface area contributed by atoms with Crippen molar-refractivity contribution in [2.24, 2.45) is 0 Å². The number of nitro benzene ring substituents is 1. The van der Waals surface area contributed by atoms with Crippen molar-refractivity contribution in [1.29, 1.82) is 0 Å². The van der Waals surface area contributed by atoms with Gasteiger partial charge in [0.1, 0.15) is 11.4 Å². The highest BCUT2D eigenvalue weighted by molar-refractivity contribution is 5.99. The predicted molar refractivity (Wildman–Crippen MR) is 120 cm³/mol. The van der Waals surface area contributed by atoms with E-state index in [9.17, 15) is 29.2 Å². The summed E-state index contributed by atoms with van der Waals surface area (Å²) in [6.45, 7) is -0.204. The van der Waals surface area contributed by atoms with E-state index in [1.54, 1.807) is 36.4 Å². The fourth-order valence-corrected chi connectivity index (χ4v) is 4.30. The third-order valence-electron chi connectivity index (χ3n) is 5.88. The number of fused-ring (bicyclic) bond motifs is 2. The van der Waals surface area contributed by atoms with Crippen molar-refractivity contribution in [1.82, 2.24) is 4.90 Å². The fraction of sp³-hybridized carbons (Fsp3) is 0.120. The summed E-state index contributed by atoms with van der Waals surface area (Å²) in [5.41, 5.74) is 0.00118. The Balaban J connectivity index is 1.70. The highest BCUT2D eigenvalue weighted by Gasteiger charge is 2.43. The molecule has 2 unspecified atom stereocenters. The maximum Gasteiger partial charge on any atom is 0.291 e. The van der Waals surface area contributed by atoms with Gasteiger partial charge < -0.3 is 14.4 Å². The summed E-state index contributed by atoms with van der Waals surface area (Å²) in [4.78, 5) is 38.9. The van der Waals surface area contributed by atoms with Gasteiger partial charge in [-0.25, -0.2) is 4.39 Å². The molecule has 0 spiro atoms. The molecule has 8 nitrogen and oxygen atoms in total. The van der Waals surface area contributed by atoms with Crippen molar-refractivity contribution < 1.29 is 23.6 Å². The molecule has 0 radical (unpaired) electrons. The molecule has 9 heteroatoms. The van der Waals surface area contributed by atoms with Crippen LogP contribution in [0.15, 0.2) is 82.0 Å². The third kappa shape index (κ3) is 3.52. The number of β-amino-alcohol motifs (C(OH)–C–C–N with tert-alkyl or cyclic N) is 1. The predicted octanol–water partition coefficient (Wildman–Crippen LogP) is 4.12. The van der Waals surface area contributed by atoms with Crippen LogP contribution in [0.25, 0.3) is 11.0 Å².